The second kappa shape index (κ2) is 10.3. The van der Waals surface area contributed by atoms with E-state index >= 15 is 0 Å². The summed E-state index contributed by atoms with van der Waals surface area (Å²) in [4.78, 5) is 17.1. The molecular weight excluding hydrogens is 561 g/mol. The van der Waals surface area contributed by atoms with E-state index in [4.69, 9.17) is 21.1 Å². The Kier molecular flexibility index (Phi) is 7.98. The monoisotopic (exact) mass is 580 g/mol. The van der Waals surface area contributed by atoms with E-state index in [1.165, 1.54) is 30.5 Å². The normalized spacial score (nSPS) is 22.2. The van der Waals surface area contributed by atoms with Crippen LogP contribution in [0.4, 0.5) is 30.7 Å². The third-order valence-electron chi connectivity index (χ3n) is 6.44. The molecule has 1 aromatic carbocycles. The van der Waals surface area contributed by atoms with Gasteiger partial charge in [-0.05, 0) is 23.6 Å². The summed E-state index contributed by atoms with van der Waals surface area (Å²) in [5, 5.41) is 9.62. The number of pyridine rings is 1. The first kappa shape index (κ1) is 30.2. The standard InChI is InChI=1S/C25H20ClF7N2O4/c1-4-22(18(21(22,2)3)24(29,30)39-19(26)23(27,28)25(31,32)33)20(36)38-16(13-34)14-8-7-9-15(12-14)37-17-10-5-6-11-35-17/h4-12,16,18-19H,1H2,2-3H3. The number of rotatable bonds is 10. The summed E-state index contributed by atoms with van der Waals surface area (Å²) in [6, 6.07) is 12.3. The number of hydrogen-bond acceptors (Lipinski definition) is 6. The molecule has 0 radical (unpaired) electrons. The lowest BCUT2D eigenvalue weighted by molar-refractivity contribution is -0.351. The third-order valence-corrected chi connectivity index (χ3v) is 6.81. The minimum absolute atomic E-state index is 0.0853. The first-order valence-electron chi connectivity index (χ1n) is 11.0. The van der Waals surface area contributed by atoms with Crippen LogP contribution in [0, 0.1) is 28.1 Å². The predicted molar refractivity (Wildman–Crippen MR) is 122 cm³/mol. The molecule has 0 saturated heterocycles. The number of hydrogen-bond donors (Lipinski definition) is 0. The number of aromatic nitrogens is 1. The van der Waals surface area contributed by atoms with Gasteiger partial charge >= 0.3 is 24.2 Å². The Balaban J connectivity index is 1.83. The lowest BCUT2D eigenvalue weighted by Gasteiger charge is -2.28. The third kappa shape index (κ3) is 5.40. The molecule has 1 aliphatic rings. The predicted octanol–water partition coefficient (Wildman–Crippen LogP) is 7.18. The van der Waals surface area contributed by atoms with Crippen molar-refractivity contribution in [2.24, 2.45) is 16.7 Å². The number of carbonyl (C=O) groups is 1. The molecule has 210 valence electrons. The molecule has 0 spiro atoms. The molecule has 0 N–H and O–H groups in total. The van der Waals surface area contributed by atoms with Crippen LogP contribution < -0.4 is 4.74 Å². The zero-order chi connectivity index (χ0) is 29.4. The van der Waals surface area contributed by atoms with Crippen molar-refractivity contribution in [2.75, 3.05) is 0 Å². The molecule has 14 heteroatoms. The van der Waals surface area contributed by atoms with Gasteiger partial charge in [-0.3, -0.25) is 9.53 Å². The van der Waals surface area contributed by atoms with Gasteiger partial charge in [-0.2, -0.15) is 36.0 Å². The number of nitrogens with zero attached hydrogens (tertiary/aromatic N) is 2. The van der Waals surface area contributed by atoms with E-state index in [2.05, 4.69) is 16.3 Å². The molecule has 1 aliphatic carbocycles. The smallest absolute Gasteiger partial charge is 0.441 e. The molecule has 0 aliphatic heterocycles. The van der Waals surface area contributed by atoms with E-state index in [0.717, 1.165) is 19.9 Å². The lowest BCUT2D eigenvalue weighted by atomic mass is 9.96. The van der Waals surface area contributed by atoms with Crippen LogP contribution in [-0.4, -0.2) is 34.7 Å². The van der Waals surface area contributed by atoms with Crippen LogP contribution in [0.15, 0.2) is 61.3 Å². The maximum Gasteiger partial charge on any atom is 0.457 e. The molecule has 1 heterocycles. The van der Waals surface area contributed by atoms with Crippen molar-refractivity contribution in [3.63, 3.8) is 0 Å². The van der Waals surface area contributed by atoms with Gasteiger partial charge < -0.3 is 9.47 Å². The number of ether oxygens (including phenoxy) is 3. The second-order valence-electron chi connectivity index (χ2n) is 9.10. The zero-order valence-electron chi connectivity index (χ0n) is 20.2. The maximum absolute atomic E-state index is 15.0. The number of benzene rings is 1. The Morgan fingerprint density at radius 2 is 1.82 bits per heavy atom. The molecular formula is C25H20ClF7N2O4. The van der Waals surface area contributed by atoms with Crippen LogP contribution in [-0.2, 0) is 14.3 Å². The van der Waals surface area contributed by atoms with Gasteiger partial charge in [0.25, 0.3) is 0 Å². The summed E-state index contributed by atoms with van der Waals surface area (Å²) >= 11 is 4.91. The fourth-order valence-corrected chi connectivity index (χ4v) is 4.62. The van der Waals surface area contributed by atoms with Crippen molar-refractivity contribution in [1.29, 1.82) is 5.26 Å². The molecule has 1 aromatic heterocycles. The van der Waals surface area contributed by atoms with Gasteiger partial charge in [0.05, 0.1) is 5.92 Å². The van der Waals surface area contributed by atoms with Crippen LogP contribution in [0.1, 0.15) is 25.5 Å². The quantitative estimate of drug-likeness (QED) is 0.128. The molecule has 39 heavy (non-hydrogen) atoms. The lowest BCUT2D eigenvalue weighted by Crippen LogP contribution is -2.48. The molecule has 0 amide bonds. The number of halogens is 8. The molecule has 4 atom stereocenters. The fraction of sp³-hybridized carbons (Fsp3) is 0.400. The van der Waals surface area contributed by atoms with Gasteiger partial charge in [0, 0.05) is 17.8 Å². The highest BCUT2D eigenvalue weighted by Crippen LogP contribution is 2.75. The van der Waals surface area contributed by atoms with Gasteiger partial charge in [-0.15, -0.1) is 6.58 Å². The average molecular weight is 581 g/mol. The van der Waals surface area contributed by atoms with E-state index in [0.29, 0.717) is 0 Å². The number of alkyl halides is 8. The largest absolute Gasteiger partial charge is 0.457 e. The van der Waals surface area contributed by atoms with Gasteiger partial charge in [0.1, 0.15) is 17.2 Å². The van der Waals surface area contributed by atoms with Crippen molar-refractivity contribution < 1.29 is 49.7 Å². The summed E-state index contributed by atoms with van der Waals surface area (Å²) in [6.45, 7) is 5.55. The van der Waals surface area contributed by atoms with E-state index in [-0.39, 0.29) is 17.2 Å². The van der Waals surface area contributed by atoms with Crippen LogP contribution in [0.25, 0.3) is 0 Å². The molecule has 0 bridgehead atoms. The van der Waals surface area contributed by atoms with Crippen LogP contribution >= 0.6 is 11.6 Å². The maximum atomic E-state index is 15.0. The summed E-state index contributed by atoms with van der Waals surface area (Å²) < 4.78 is 109. The number of esters is 1. The first-order valence-corrected chi connectivity index (χ1v) is 11.5. The van der Waals surface area contributed by atoms with Gasteiger partial charge in [0.15, 0.2) is 0 Å². The van der Waals surface area contributed by atoms with Crippen LogP contribution in [0.2, 0.25) is 0 Å². The molecule has 6 nitrogen and oxygen atoms in total. The molecule has 2 aromatic rings. The Labute approximate surface area is 222 Å². The van der Waals surface area contributed by atoms with Crippen LogP contribution in [0.3, 0.4) is 0 Å². The van der Waals surface area contributed by atoms with Crippen molar-refractivity contribution in [3.8, 4) is 17.7 Å². The summed E-state index contributed by atoms with van der Waals surface area (Å²) in [5.74, 6) is -9.14. The summed E-state index contributed by atoms with van der Waals surface area (Å²) in [7, 11) is 0. The summed E-state index contributed by atoms with van der Waals surface area (Å²) in [6.07, 6.45) is -10.5. The van der Waals surface area contributed by atoms with E-state index in [1.54, 1.807) is 24.3 Å². The SMILES string of the molecule is C=CC1(C(=O)OC(C#N)c2cccc(Oc3ccccn3)c2)C(C(F)(F)OC(Cl)C(F)(F)C(F)(F)F)C1(C)C. The van der Waals surface area contributed by atoms with Crippen molar-refractivity contribution in [2.45, 2.75) is 43.7 Å². The van der Waals surface area contributed by atoms with Crippen molar-refractivity contribution >= 4 is 17.6 Å². The topological polar surface area (TPSA) is 81.4 Å². The van der Waals surface area contributed by atoms with Crippen molar-refractivity contribution in [3.05, 3.63) is 66.9 Å². The van der Waals surface area contributed by atoms with Gasteiger partial charge in [0.2, 0.25) is 17.5 Å². The highest BCUT2D eigenvalue weighted by molar-refractivity contribution is 6.20. The molecule has 4 unspecified atom stereocenters. The first-order chi connectivity index (χ1) is 18.0. The van der Waals surface area contributed by atoms with E-state index in [1.807, 2.05) is 0 Å². The summed E-state index contributed by atoms with van der Waals surface area (Å²) in [5.41, 5.74) is -7.88. The highest BCUT2D eigenvalue weighted by Gasteiger charge is 2.84. The Morgan fingerprint density at radius 1 is 1.15 bits per heavy atom. The fourth-order valence-electron chi connectivity index (χ4n) is 4.38. The molecule has 1 fully saturated rings. The van der Waals surface area contributed by atoms with Crippen molar-refractivity contribution in [1.82, 2.24) is 4.98 Å². The van der Waals surface area contributed by atoms with Crippen LogP contribution in [0.5, 0.6) is 11.6 Å². The molecule has 1 saturated carbocycles. The minimum Gasteiger partial charge on any atom is -0.441 e. The molecule has 3 rings (SSSR count). The number of carbonyl (C=O) groups excluding carboxylic acids is 1. The van der Waals surface area contributed by atoms with E-state index in [9.17, 15) is 40.8 Å². The van der Waals surface area contributed by atoms with Gasteiger partial charge in [-0.1, -0.05) is 49.7 Å². The Morgan fingerprint density at radius 3 is 2.36 bits per heavy atom. The van der Waals surface area contributed by atoms with E-state index < -0.39 is 52.6 Å². The highest BCUT2D eigenvalue weighted by atomic mass is 35.5. The van der Waals surface area contributed by atoms with Gasteiger partial charge in [-0.25, -0.2) is 4.98 Å². The zero-order valence-corrected chi connectivity index (χ0v) is 20.9. The Hall–Kier alpha value is -3.37. The second-order valence-corrected chi connectivity index (χ2v) is 9.50. The number of nitriles is 1. The Bertz CT molecular complexity index is 1270. The minimum atomic E-state index is -6.28. The average Bonchev–Trinajstić information content (AvgIpc) is 3.39.